The number of amides is 2. The van der Waals surface area contributed by atoms with Gasteiger partial charge in [-0.05, 0) is 78.5 Å². The zero-order chi connectivity index (χ0) is 25.2. The first-order valence-corrected chi connectivity index (χ1v) is 12.9. The van der Waals surface area contributed by atoms with E-state index in [9.17, 15) is 9.18 Å². The normalized spacial score (nSPS) is 16.5. The standard InChI is InChI=1S/C32H30FN3O/c33-26-15-16-30-29(21-26)32(23-36(30)31(37)34-27-12-5-2-6-13-27)17-19-35(20-18-32)22-25-11-7-8-14-28(25)24-9-3-1-4-10-24/h1-16,21H,17-20,22-23H2,(H,34,37). The molecule has 5 heteroatoms. The number of carbonyl (C=O) groups is 1. The van der Waals surface area contributed by atoms with E-state index in [1.165, 1.54) is 22.8 Å². The van der Waals surface area contributed by atoms with Gasteiger partial charge in [-0.3, -0.25) is 9.80 Å². The lowest BCUT2D eigenvalue weighted by molar-refractivity contribution is 0.160. The highest BCUT2D eigenvalue weighted by atomic mass is 19.1. The van der Waals surface area contributed by atoms with Crippen LogP contribution in [0.2, 0.25) is 0 Å². The Balaban J connectivity index is 1.20. The summed E-state index contributed by atoms with van der Waals surface area (Å²) in [5.41, 5.74) is 6.10. The third kappa shape index (κ3) is 4.63. The molecule has 0 atom stereocenters. The summed E-state index contributed by atoms with van der Waals surface area (Å²) in [4.78, 5) is 17.6. The number of para-hydroxylation sites is 1. The van der Waals surface area contributed by atoms with Gasteiger partial charge in [-0.15, -0.1) is 0 Å². The fourth-order valence-corrected chi connectivity index (χ4v) is 5.90. The van der Waals surface area contributed by atoms with Crippen LogP contribution in [-0.4, -0.2) is 30.6 Å². The van der Waals surface area contributed by atoms with Crippen LogP contribution in [0.25, 0.3) is 11.1 Å². The lowest BCUT2D eigenvalue weighted by Gasteiger charge is -2.40. The largest absolute Gasteiger partial charge is 0.326 e. The molecular formula is C32H30FN3O. The molecule has 4 aromatic rings. The van der Waals surface area contributed by atoms with Crippen LogP contribution in [0.15, 0.2) is 103 Å². The molecule has 2 aliphatic rings. The zero-order valence-electron chi connectivity index (χ0n) is 20.7. The summed E-state index contributed by atoms with van der Waals surface area (Å²) >= 11 is 0. The molecule has 0 radical (unpaired) electrons. The van der Waals surface area contributed by atoms with Crippen molar-refractivity contribution in [2.45, 2.75) is 24.8 Å². The van der Waals surface area contributed by atoms with Crippen LogP contribution in [0.3, 0.4) is 0 Å². The van der Waals surface area contributed by atoms with Crippen LogP contribution in [0.1, 0.15) is 24.0 Å². The molecular weight excluding hydrogens is 461 g/mol. The Hall–Kier alpha value is -3.96. The first-order chi connectivity index (χ1) is 18.1. The first-order valence-electron chi connectivity index (χ1n) is 12.9. The van der Waals surface area contributed by atoms with E-state index in [1.807, 2.05) is 36.4 Å². The van der Waals surface area contributed by atoms with Crippen molar-refractivity contribution in [3.63, 3.8) is 0 Å². The third-order valence-electron chi connectivity index (χ3n) is 7.86. The summed E-state index contributed by atoms with van der Waals surface area (Å²) < 4.78 is 14.4. The Bertz CT molecular complexity index is 1400. The second-order valence-electron chi connectivity index (χ2n) is 10.1. The Morgan fingerprint density at radius 2 is 1.51 bits per heavy atom. The molecule has 1 saturated heterocycles. The number of hydrogen-bond donors (Lipinski definition) is 1. The Morgan fingerprint density at radius 1 is 0.838 bits per heavy atom. The van der Waals surface area contributed by atoms with Gasteiger partial charge in [0.15, 0.2) is 0 Å². The van der Waals surface area contributed by atoms with Gasteiger partial charge in [0.25, 0.3) is 0 Å². The van der Waals surface area contributed by atoms with Gasteiger partial charge in [-0.2, -0.15) is 0 Å². The molecule has 0 saturated carbocycles. The third-order valence-corrected chi connectivity index (χ3v) is 7.86. The fourth-order valence-electron chi connectivity index (χ4n) is 5.90. The molecule has 4 aromatic carbocycles. The SMILES string of the molecule is O=C(Nc1ccccc1)N1CC2(CCN(Cc3ccccc3-c3ccccc3)CC2)c2cc(F)ccc21. The number of anilines is 2. The molecule has 1 spiro atoms. The van der Waals surface area contributed by atoms with Crippen molar-refractivity contribution >= 4 is 17.4 Å². The fraction of sp³-hybridized carbons (Fsp3) is 0.219. The smallest absolute Gasteiger partial charge is 0.308 e. The van der Waals surface area contributed by atoms with Crippen molar-refractivity contribution in [2.75, 3.05) is 29.9 Å². The van der Waals surface area contributed by atoms with Gasteiger partial charge in [0.2, 0.25) is 0 Å². The average molecular weight is 492 g/mol. The van der Waals surface area contributed by atoms with E-state index in [-0.39, 0.29) is 17.3 Å². The number of nitrogens with zero attached hydrogens (tertiary/aromatic N) is 2. The van der Waals surface area contributed by atoms with Gasteiger partial charge < -0.3 is 5.32 Å². The summed E-state index contributed by atoms with van der Waals surface area (Å²) in [5.74, 6) is -0.248. The quantitative estimate of drug-likeness (QED) is 0.331. The number of nitrogens with one attached hydrogen (secondary N) is 1. The predicted molar refractivity (Wildman–Crippen MR) is 147 cm³/mol. The molecule has 0 unspecified atom stereocenters. The highest BCUT2D eigenvalue weighted by Gasteiger charge is 2.46. The summed E-state index contributed by atoms with van der Waals surface area (Å²) in [7, 11) is 0. The predicted octanol–water partition coefficient (Wildman–Crippen LogP) is 7.08. The zero-order valence-corrected chi connectivity index (χ0v) is 20.7. The van der Waals surface area contributed by atoms with E-state index in [0.717, 1.165) is 49.4 Å². The lowest BCUT2D eigenvalue weighted by Crippen LogP contribution is -2.46. The minimum atomic E-state index is -0.248. The Labute approximate surface area is 217 Å². The van der Waals surface area contributed by atoms with Crippen molar-refractivity contribution < 1.29 is 9.18 Å². The number of likely N-dealkylation sites (tertiary alicyclic amines) is 1. The molecule has 1 fully saturated rings. The molecule has 0 aliphatic carbocycles. The van der Waals surface area contributed by atoms with Crippen molar-refractivity contribution in [2.24, 2.45) is 0 Å². The van der Waals surface area contributed by atoms with E-state index in [1.54, 1.807) is 17.0 Å². The Kier molecular flexibility index (Phi) is 6.23. The van der Waals surface area contributed by atoms with Gasteiger partial charge in [-0.1, -0.05) is 72.8 Å². The molecule has 4 nitrogen and oxygen atoms in total. The maximum atomic E-state index is 14.4. The summed E-state index contributed by atoms with van der Waals surface area (Å²) in [6.45, 7) is 3.23. The number of fused-ring (bicyclic) bond motifs is 2. The molecule has 0 bridgehead atoms. The second-order valence-corrected chi connectivity index (χ2v) is 10.1. The molecule has 0 aromatic heterocycles. The highest BCUT2D eigenvalue weighted by molar-refractivity contribution is 6.03. The van der Waals surface area contributed by atoms with Gasteiger partial charge in [0, 0.05) is 29.9 Å². The topological polar surface area (TPSA) is 35.6 Å². The van der Waals surface area contributed by atoms with Crippen LogP contribution in [0.4, 0.5) is 20.6 Å². The number of urea groups is 1. The molecule has 6 rings (SSSR count). The van der Waals surface area contributed by atoms with Crippen LogP contribution in [0, 0.1) is 5.82 Å². The number of hydrogen-bond acceptors (Lipinski definition) is 2. The number of rotatable bonds is 4. The second kappa shape index (κ2) is 9.83. The molecule has 1 N–H and O–H groups in total. The van der Waals surface area contributed by atoms with Crippen molar-refractivity contribution in [1.29, 1.82) is 0 Å². The van der Waals surface area contributed by atoms with Crippen LogP contribution in [-0.2, 0) is 12.0 Å². The summed E-state index contributed by atoms with van der Waals surface area (Å²) in [6.07, 6.45) is 1.76. The van der Waals surface area contributed by atoms with E-state index >= 15 is 0 Å². The highest BCUT2D eigenvalue weighted by Crippen LogP contribution is 2.47. The van der Waals surface area contributed by atoms with Gasteiger partial charge in [0.1, 0.15) is 5.82 Å². The maximum absolute atomic E-state index is 14.4. The molecule has 2 aliphatic heterocycles. The summed E-state index contributed by atoms with van der Waals surface area (Å²) in [5, 5.41) is 3.01. The van der Waals surface area contributed by atoms with Crippen molar-refractivity contribution in [3.8, 4) is 11.1 Å². The van der Waals surface area contributed by atoms with Crippen LogP contribution < -0.4 is 10.2 Å². The van der Waals surface area contributed by atoms with Gasteiger partial charge in [-0.25, -0.2) is 9.18 Å². The van der Waals surface area contributed by atoms with Crippen molar-refractivity contribution in [3.05, 3.63) is 120 Å². The molecule has 37 heavy (non-hydrogen) atoms. The number of halogens is 1. The number of carbonyl (C=O) groups excluding carboxylic acids is 1. The van der Waals surface area contributed by atoms with E-state index in [0.29, 0.717) is 6.54 Å². The minimum Gasteiger partial charge on any atom is -0.308 e. The summed E-state index contributed by atoms with van der Waals surface area (Å²) in [6, 6.07) is 33.3. The average Bonchev–Trinajstić information content (AvgIpc) is 3.24. The Morgan fingerprint density at radius 3 is 2.27 bits per heavy atom. The molecule has 2 heterocycles. The maximum Gasteiger partial charge on any atom is 0.326 e. The van der Waals surface area contributed by atoms with Gasteiger partial charge in [0.05, 0.1) is 0 Å². The monoisotopic (exact) mass is 491 g/mol. The van der Waals surface area contributed by atoms with Crippen LogP contribution in [0.5, 0.6) is 0 Å². The first kappa shape index (κ1) is 23.4. The minimum absolute atomic E-state index is 0.171. The lowest BCUT2D eigenvalue weighted by atomic mass is 9.74. The van der Waals surface area contributed by atoms with Gasteiger partial charge >= 0.3 is 6.03 Å². The number of benzene rings is 4. The van der Waals surface area contributed by atoms with E-state index in [4.69, 9.17) is 0 Å². The van der Waals surface area contributed by atoms with E-state index in [2.05, 4.69) is 58.7 Å². The van der Waals surface area contributed by atoms with Crippen molar-refractivity contribution in [1.82, 2.24) is 4.90 Å². The van der Waals surface area contributed by atoms with Crippen LogP contribution >= 0.6 is 0 Å². The molecule has 2 amide bonds. The number of piperidine rings is 1. The molecule has 186 valence electrons. The van der Waals surface area contributed by atoms with E-state index < -0.39 is 0 Å².